The van der Waals surface area contributed by atoms with Crippen molar-refractivity contribution in [1.82, 2.24) is 0 Å². The number of anilines is 1. The predicted octanol–water partition coefficient (Wildman–Crippen LogP) is 2.98. The van der Waals surface area contributed by atoms with Gasteiger partial charge in [0, 0.05) is 12.1 Å². The normalized spacial score (nSPS) is 11.0. The molecule has 2 aromatic carbocycles. The van der Waals surface area contributed by atoms with E-state index in [0.29, 0.717) is 11.1 Å². The summed E-state index contributed by atoms with van der Waals surface area (Å²) in [4.78, 5) is 21.5. The third-order valence-electron chi connectivity index (χ3n) is 3.16. The molecule has 0 radical (unpaired) electrons. The van der Waals surface area contributed by atoms with Crippen LogP contribution in [0.15, 0.2) is 42.5 Å². The Hall–Kier alpha value is -2.65. The lowest BCUT2D eigenvalue weighted by atomic mass is 10.1. The molecule has 0 spiro atoms. The Kier molecular flexibility index (Phi) is 5.60. The third-order valence-corrected chi connectivity index (χ3v) is 4.73. The fourth-order valence-corrected chi connectivity index (χ4v) is 3.41. The molecule has 8 nitrogen and oxygen atoms in total. The van der Waals surface area contributed by atoms with Gasteiger partial charge in [-0.2, -0.15) is 0 Å². The number of benzene rings is 2. The molecule has 25 heavy (non-hydrogen) atoms. The van der Waals surface area contributed by atoms with Crippen LogP contribution in [0.4, 0.5) is 11.4 Å². The molecule has 132 valence electrons. The molecule has 2 rings (SSSR count). The lowest BCUT2D eigenvalue weighted by Gasteiger charge is -2.10. The van der Waals surface area contributed by atoms with Crippen molar-refractivity contribution in [2.24, 2.45) is 0 Å². The van der Waals surface area contributed by atoms with Gasteiger partial charge in [-0.1, -0.05) is 23.7 Å². The van der Waals surface area contributed by atoms with Crippen molar-refractivity contribution in [1.29, 1.82) is 0 Å². The lowest BCUT2D eigenvalue weighted by molar-refractivity contribution is -0.384. The van der Waals surface area contributed by atoms with Crippen LogP contribution >= 0.6 is 11.6 Å². The zero-order valence-electron chi connectivity index (χ0n) is 12.9. The van der Waals surface area contributed by atoms with Crippen molar-refractivity contribution >= 4 is 39.0 Å². The summed E-state index contributed by atoms with van der Waals surface area (Å²) < 4.78 is 31.3. The molecule has 0 saturated heterocycles. The molecule has 0 heterocycles. The van der Waals surface area contributed by atoms with Crippen molar-refractivity contribution in [2.45, 2.75) is 5.75 Å². The highest BCUT2D eigenvalue weighted by molar-refractivity contribution is 7.91. The second-order valence-electron chi connectivity index (χ2n) is 4.97. The quantitative estimate of drug-likeness (QED) is 0.465. The molecule has 1 N–H and O–H groups in total. The Balaban J connectivity index is 2.18. The van der Waals surface area contributed by atoms with E-state index in [9.17, 15) is 23.3 Å². The highest BCUT2D eigenvalue weighted by atomic mass is 35.5. The molecule has 2 aromatic rings. The summed E-state index contributed by atoms with van der Waals surface area (Å²) in [5, 5.41) is 10.8. The van der Waals surface area contributed by atoms with Crippen molar-refractivity contribution < 1.29 is 22.9 Å². The van der Waals surface area contributed by atoms with Gasteiger partial charge in [-0.25, -0.2) is 13.2 Å². The maximum absolute atomic E-state index is 12.2. The van der Waals surface area contributed by atoms with Crippen molar-refractivity contribution in [3.05, 3.63) is 68.7 Å². The van der Waals surface area contributed by atoms with Crippen LogP contribution in [0.1, 0.15) is 15.9 Å². The van der Waals surface area contributed by atoms with E-state index in [-0.39, 0.29) is 16.4 Å². The number of carbonyl (C=O) groups excluding carboxylic acids is 1. The van der Waals surface area contributed by atoms with Gasteiger partial charge < -0.3 is 4.74 Å². The van der Waals surface area contributed by atoms with Crippen LogP contribution in [0.2, 0.25) is 5.02 Å². The molecule has 0 unspecified atom stereocenters. The number of nitrogens with zero attached hydrogens (tertiary/aromatic N) is 1. The number of esters is 1. The highest BCUT2D eigenvalue weighted by Crippen LogP contribution is 2.28. The van der Waals surface area contributed by atoms with Gasteiger partial charge in [-0.15, -0.1) is 0 Å². The number of non-ortho nitro benzene ring substituents is 1. The Bertz CT molecular complexity index is 912. The Morgan fingerprint density at radius 2 is 1.88 bits per heavy atom. The second kappa shape index (κ2) is 7.49. The number of methoxy groups -OCH3 is 1. The summed E-state index contributed by atoms with van der Waals surface area (Å²) in [5.41, 5.74) is 0.339. The number of carbonyl (C=O) groups is 1. The van der Waals surface area contributed by atoms with Crippen LogP contribution < -0.4 is 4.72 Å². The molecule has 10 heteroatoms. The molecule has 0 aliphatic rings. The summed E-state index contributed by atoms with van der Waals surface area (Å²) in [6, 6.07) is 9.28. The number of hydrogen-bond donors (Lipinski definition) is 1. The average Bonchev–Trinajstić information content (AvgIpc) is 2.56. The summed E-state index contributed by atoms with van der Waals surface area (Å²) >= 11 is 5.88. The molecule has 0 fully saturated rings. The van der Waals surface area contributed by atoms with E-state index in [1.165, 1.54) is 43.5 Å². The first-order chi connectivity index (χ1) is 11.7. The largest absolute Gasteiger partial charge is 0.465 e. The lowest BCUT2D eigenvalue weighted by Crippen LogP contribution is -2.15. The van der Waals surface area contributed by atoms with E-state index in [1.54, 1.807) is 0 Å². The first-order valence-electron chi connectivity index (χ1n) is 6.83. The van der Waals surface area contributed by atoms with Gasteiger partial charge in [-0.05, 0) is 23.8 Å². The molecule has 0 aliphatic carbocycles. The standard InChI is InChI=1S/C15H13ClN2O6S/c1-24-15(19)11-4-2-10(3-5-11)9-25(22,23)17-14-8-12(18(20)21)6-7-13(14)16/h2-8,17H,9H2,1H3. The summed E-state index contributed by atoms with van der Waals surface area (Å²) in [5.74, 6) is -0.927. The predicted molar refractivity (Wildman–Crippen MR) is 92.1 cm³/mol. The Morgan fingerprint density at radius 1 is 1.24 bits per heavy atom. The second-order valence-corrected chi connectivity index (χ2v) is 7.10. The summed E-state index contributed by atoms with van der Waals surface area (Å²) in [7, 11) is -2.62. The number of sulfonamides is 1. The van der Waals surface area contributed by atoms with Gasteiger partial charge in [0.2, 0.25) is 10.0 Å². The maximum atomic E-state index is 12.2. The molecule has 0 atom stereocenters. The number of nitro groups is 1. The molecule has 0 bridgehead atoms. The number of ether oxygens (including phenoxy) is 1. The number of rotatable bonds is 6. The van der Waals surface area contributed by atoms with Crippen molar-refractivity contribution in [2.75, 3.05) is 11.8 Å². The Morgan fingerprint density at radius 3 is 2.44 bits per heavy atom. The van der Waals surface area contributed by atoms with Crippen molar-refractivity contribution in [3.8, 4) is 0 Å². The fraction of sp³-hybridized carbons (Fsp3) is 0.133. The monoisotopic (exact) mass is 384 g/mol. The molecule has 0 amide bonds. The van der Waals surface area contributed by atoms with Crippen LogP contribution in [0.5, 0.6) is 0 Å². The fourth-order valence-electron chi connectivity index (χ4n) is 1.98. The highest BCUT2D eigenvalue weighted by Gasteiger charge is 2.17. The zero-order valence-corrected chi connectivity index (χ0v) is 14.5. The SMILES string of the molecule is COC(=O)c1ccc(CS(=O)(=O)Nc2cc([N+](=O)[O-])ccc2Cl)cc1. The van der Waals surface area contributed by atoms with Gasteiger partial charge in [0.15, 0.2) is 0 Å². The van der Waals surface area contributed by atoms with E-state index in [1.807, 2.05) is 0 Å². The van der Waals surface area contributed by atoms with Crippen LogP contribution in [-0.4, -0.2) is 26.4 Å². The van der Waals surface area contributed by atoms with Gasteiger partial charge in [0.1, 0.15) is 0 Å². The third kappa shape index (κ3) is 4.91. The molecule has 0 aromatic heterocycles. The van der Waals surface area contributed by atoms with Gasteiger partial charge in [-0.3, -0.25) is 14.8 Å². The molecular formula is C15H13ClN2O6S. The average molecular weight is 385 g/mol. The van der Waals surface area contributed by atoms with Crippen LogP contribution in [0.3, 0.4) is 0 Å². The minimum Gasteiger partial charge on any atom is -0.465 e. The van der Waals surface area contributed by atoms with E-state index in [2.05, 4.69) is 9.46 Å². The summed E-state index contributed by atoms with van der Waals surface area (Å²) in [6.45, 7) is 0. The van der Waals surface area contributed by atoms with Gasteiger partial charge >= 0.3 is 5.97 Å². The topological polar surface area (TPSA) is 116 Å². The van der Waals surface area contributed by atoms with Crippen LogP contribution in [0.25, 0.3) is 0 Å². The molecular weight excluding hydrogens is 372 g/mol. The van der Waals surface area contributed by atoms with Crippen molar-refractivity contribution in [3.63, 3.8) is 0 Å². The minimum absolute atomic E-state index is 0.0372. The zero-order chi connectivity index (χ0) is 18.6. The molecule has 0 saturated carbocycles. The van der Waals surface area contributed by atoms with Crippen LogP contribution in [-0.2, 0) is 20.5 Å². The van der Waals surface area contributed by atoms with Gasteiger partial charge in [0.25, 0.3) is 5.69 Å². The first kappa shape index (κ1) is 18.7. The maximum Gasteiger partial charge on any atom is 0.337 e. The minimum atomic E-state index is -3.86. The molecule has 0 aliphatic heterocycles. The Labute approximate surface area is 148 Å². The van der Waals surface area contributed by atoms with E-state index in [0.717, 1.165) is 6.07 Å². The van der Waals surface area contributed by atoms with Gasteiger partial charge in [0.05, 0.1) is 34.1 Å². The van der Waals surface area contributed by atoms with E-state index >= 15 is 0 Å². The van der Waals surface area contributed by atoms with E-state index in [4.69, 9.17) is 11.6 Å². The number of halogens is 1. The first-order valence-corrected chi connectivity index (χ1v) is 8.86. The number of hydrogen-bond acceptors (Lipinski definition) is 6. The number of nitro benzene ring substituents is 1. The number of nitrogens with one attached hydrogen (secondary N) is 1. The summed E-state index contributed by atoms with van der Waals surface area (Å²) in [6.07, 6.45) is 0. The van der Waals surface area contributed by atoms with E-state index < -0.39 is 26.7 Å². The smallest absolute Gasteiger partial charge is 0.337 e. The van der Waals surface area contributed by atoms with Crippen LogP contribution in [0, 0.1) is 10.1 Å².